The van der Waals surface area contributed by atoms with Crippen LogP contribution in [0.4, 0.5) is 11.4 Å². The van der Waals surface area contributed by atoms with Gasteiger partial charge in [0.2, 0.25) is 0 Å². The Morgan fingerprint density at radius 3 is 2.60 bits per heavy atom. The van der Waals surface area contributed by atoms with Gasteiger partial charge >= 0.3 is 0 Å². The van der Waals surface area contributed by atoms with Crippen molar-refractivity contribution in [1.29, 1.82) is 0 Å². The minimum absolute atomic E-state index is 0.0361. The highest BCUT2D eigenvalue weighted by atomic mass is 16.5. The van der Waals surface area contributed by atoms with E-state index in [9.17, 15) is 19.2 Å². The predicted octanol–water partition coefficient (Wildman–Crippen LogP) is 2.02. The molecular formula is C24H16N6O5. The third-order valence-corrected chi connectivity index (χ3v) is 5.82. The fraction of sp³-hybridized carbons (Fsp3) is 0.0833. The van der Waals surface area contributed by atoms with E-state index in [4.69, 9.17) is 4.74 Å². The quantitative estimate of drug-likeness (QED) is 0.388. The number of nitrogens with one attached hydrogen (secondary N) is 3. The summed E-state index contributed by atoms with van der Waals surface area (Å²) in [5.74, 6) is -1.09. The summed E-state index contributed by atoms with van der Waals surface area (Å²) in [6.45, 7) is 0.130. The van der Waals surface area contributed by atoms with Gasteiger partial charge in [-0.1, -0.05) is 18.2 Å². The van der Waals surface area contributed by atoms with E-state index in [2.05, 4.69) is 25.6 Å². The van der Waals surface area contributed by atoms with Crippen molar-refractivity contribution >= 4 is 46.0 Å². The van der Waals surface area contributed by atoms with Crippen molar-refractivity contribution in [1.82, 2.24) is 20.3 Å². The number of ether oxygens (including phenoxy) is 1. The molecule has 0 bridgehead atoms. The number of imide groups is 1. The lowest BCUT2D eigenvalue weighted by molar-refractivity contribution is -0.118. The van der Waals surface area contributed by atoms with Crippen LogP contribution >= 0.6 is 0 Å². The minimum atomic E-state index is -0.480. The van der Waals surface area contributed by atoms with E-state index >= 15 is 0 Å². The molecule has 0 saturated heterocycles. The highest BCUT2D eigenvalue weighted by molar-refractivity contribution is 6.36. The van der Waals surface area contributed by atoms with Crippen molar-refractivity contribution in [2.45, 2.75) is 6.54 Å². The first-order valence-electron chi connectivity index (χ1n) is 10.6. The molecule has 172 valence electrons. The van der Waals surface area contributed by atoms with Crippen LogP contribution in [0.25, 0.3) is 11.0 Å². The summed E-state index contributed by atoms with van der Waals surface area (Å²) in [4.78, 5) is 62.5. The molecule has 0 unspecified atom stereocenters. The van der Waals surface area contributed by atoms with Gasteiger partial charge in [0.25, 0.3) is 23.6 Å². The van der Waals surface area contributed by atoms with Crippen molar-refractivity contribution in [2.75, 3.05) is 16.8 Å². The molecule has 0 saturated carbocycles. The van der Waals surface area contributed by atoms with Gasteiger partial charge in [0.05, 0.1) is 28.0 Å². The molecule has 2 aliphatic rings. The summed E-state index contributed by atoms with van der Waals surface area (Å²) in [6, 6.07) is 11.8. The molecule has 2 aromatic heterocycles. The Balaban J connectivity index is 1.26. The van der Waals surface area contributed by atoms with E-state index in [1.807, 2.05) is 0 Å². The summed E-state index contributed by atoms with van der Waals surface area (Å²) in [7, 11) is 0. The average molecular weight is 468 g/mol. The van der Waals surface area contributed by atoms with Crippen LogP contribution < -0.4 is 20.3 Å². The van der Waals surface area contributed by atoms with Crippen LogP contribution in [0, 0.1) is 0 Å². The first-order chi connectivity index (χ1) is 17.0. The van der Waals surface area contributed by atoms with Crippen LogP contribution in [-0.4, -0.2) is 45.2 Å². The number of benzene rings is 2. The van der Waals surface area contributed by atoms with E-state index < -0.39 is 17.7 Å². The zero-order valence-electron chi connectivity index (χ0n) is 18.0. The molecule has 2 aromatic carbocycles. The summed E-state index contributed by atoms with van der Waals surface area (Å²) in [5.41, 5.74) is 2.77. The molecule has 0 aliphatic carbocycles. The van der Waals surface area contributed by atoms with E-state index in [-0.39, 0.29) is 36.0 Å². The third-order valence-electron chi connectivity index (χ3n) is 5.82. The van der Waals surface area contributed by atoms with Crippen LogP contribution in [0.3, 0.4) is 0 Å². The Bertz CT molecular complexity index is 1540. The zero-order valence-corrected chi connectivity index (χ0v) is 18.0. The first-order valence-corrected chi connectivity index (χ1v) is 10.6. The van der Waals surface area contributed by atoms with Gasteiger partial charge in [-0.25, -0.2) is 14.9 Å². The maximum atomic E-state index is 12.9. The normalized spacial score (nSPS) is 14.4. The van der Waals surface area contributed by atoms with Crippen molar-refractivity contribution in [3.05, 3.63) is 77.4 Å². The molecular weight excluding hydrogens is 452 g/mol. The fourth-order valence-corrected chi connectivity index (χ4v) is 4.18. The van der Waals surface area contributed by atoms with E-state index in [1.54, 1.807) is 42.5 Å². The Hall–Kier alpha value is -5.06. The largest absolute Gasteiger partial charge is 0.482 e. The Labute approximate surface area is 197 Å². The molecule has 35 heavy (non-hydrogen) atoms. The maximum absolute atomic E-state index is 12.9. The van der Waals surface area contributed by atoms with Crippen molar-refractivity contribution in [2.24, 2.45) is 0 Å². The number of carbonyl (C=O) groups is 4. The van der Waals surface area contributed by atoms with Crippen molar-refractivity contribution < 1.29 is 23.9 Å². The highest BCUT2D eigenvalue weighted by Crippen LogP contribution is 2.33. The molecule has 2 aliphatic heterocycles. The number of nitrogens with zero attached hydrogens (tertiary/aromatic N) is 3. The second kappa shape index (κ2) is 7.76. The van der Waals surface area contributed by atoms with Gasteiger partial charge in [0.1, 0.15) is 17.6 Å². The predicted molar refractivity (Wildman–Crippen MR) is 123 cm³/mol. The smallest absolute Gasteiger partial charge is 0.272 e. The fourth-order valence-electron chi connectivity index (χ4n) is 4.18. The monoisotopic (exact) mass is 468 g/mol. The molecule has 4 aromatic rings. The molecule has 3 N–H and O–H groups in total. The molecule has 11 heteroatoms. The van der Waals surface area contributed by atoms with Crippen molar-refractivity contribution in [3.63, 3.8) is 0 Å². The van der Waals surface area contributed by atoms with E-state index in [0.29, 0.717) is 28.1 Å². The molecule has 0 spiro atoms. The number of rotatable bonds is 4. The highest BCUT2D eigenvalue weighted by Gasteiger charge is 2.38. The van der Waals surface area contributed by atoms with Gasteiger partial charge in [-0.05, 0) is 29.8 Å². The molecule has 11 nitrogen and oxygen atoms in total. The van der Waals surface area contributed by atoms with Gasteiger partial charge in [-0.15, -0.1) is 0 Å². The summed E-state index contributed by atoms with van der Waals surface area (Å²) >= 11 is 0. The second-order valence-corrected chi connectivity index (χ2v) is 7.96. The standard InChI is InChI=1S/C24H16N6O5/c31-18-10-35-17-6-5-12(7-15(17)29-18)8-26-22(32)21-20-19(27-11-28-21)16(9-25-20)30-23(33)13-3-1-2-4-14(13)24(30)34/h1-7,9,11,25H,8,10H2,(H,26,32)(H,29,31). The van der Waals surface area contributed by atoms with E-state index in [0.717, 1.165) is 10.5 Å². The summed E-state index contributed by atoms with van der Waals surface area (Å²) in [5, 5.41) is 5.51. The van der Waals surface area contributed by atoms with Gasteiger partial charge < -0.3 is 20.4 Å². The first kappa shape index (κ1) is 20.5. The number of carbonyl (C=O) groups excluding carboxylic acids is 4. The number of hydrogen-bond acceptors (Lipinski definition) is 7. The summed E-state index contributed by atoms with van der Waals surface area (Å²) in [6.07, 6.45) is 2.67. The average Bonchev–Trinajstić information content (AvgIpc) is 3.40. The number of aromatic amines is 1. The molecule has 0 radical (unpaired) electrons. The number of fused-ring (bicyclic) bond motifs is 3. The molecule has 6 rings (SSSR count). The van der Waals surface area contributed by atoms with Crippen LogP contribution in [-0.2, 0) is 11.3 Å². The van der Waals surface area contributed by atoms with Gasteiger partial charge in [-0.3, -0.25) is 19.2 Å². The molecule has 0 atom stereocenters. The second-order valence-electron chi connectivity index (χ2n) is 7.96. The number of amides is 4. The number of H-pyrrole nitrogens is 1. The molecule has 4 heterocycles. The Morgan fingerprint density at radius 2 is 1.83 bits per heavy atom. The number of aromatic nitrogens is 3. The Kier molecular flexibility index (Phi) is 4.56. The van der Waals surface area contributed by atoms with Crippen LogP contribution in [0.2, 0.25) is 0 Å². The lowest BCUT2D eigenvalue weighted by atomic mass is 10.1. The summed E-state index contributed by atoms with van der Waals surface area (Å²) < 4.78 is 5.34. The lowest BCUT2D eigenvalue weighted by Crippen LogP contribution is -2.29. The van der Waals surface area contributed by atoms with Crippen LogP contribution in [0.15, 0.2) is 55.0 Å². The number of anilines is 2. The molecule has 0 fully saturated rings. The van der Waals surface area contributed by atoms with E-state index in [1.165, 1.54) is 12.5 Å². The van der Waals surface area contributed by atoms with Crippen LogP contribution in [0.1, 0.15) is 36.8 Å². The van der Waals surface area contributed by atoms with Gasteiger partial charge in [-0.2, -0.15) is 0 Å². The Morgan fingerprint density at radius 1 is 1.06 bits per heavy atom. The minimum Gasteiger partial charge on any atom is -0.482 e. The zero-order chi connectivity index (χ0) is 24.1. The molecule has 4 amide bonds. The topological polar surface area (TPSA) is 146 Å². The van der Waals surface area contributed by atoms with Gasteiger partial charge in [0, 0.05) is 12.7 Å². The number of hydrogen-bond donors (Lipinski definition) is 3. The SMILES string of the molecule is O=C1COc2ccc(CNC(=O)c3ncnc4c(N5C(=O)c6ccccc6C5=O)c[nH]c34)cc2N1. The van der Waals surface area contributed by atoms with Crippen molar-refractivity contribution in [3.8, 4) is 5.75 Å². The van der Waals surface area contributed by atoms with Gasteiger partial charge in [0.15, 0.2) is 12.3 Å². The lowest BCUT2D eigenvalue weighted by Gasteiger charge is -2.18. The maximum Gasteiger partial charge on any atom is 0.272 e. The van der Waals surface area contributed by atoms with Crippen LogP contribution in [0.5, 0.6) is 5.75 Å². The third kappa shape index (κ3) is 3.29.